The van der Waals surface area contributed by atoms with Crippen LogP contribution in [0.2, 0.25) is 0 Å². The van der Waals surface area contributed by atoms with Crippen LogP contribution in [0.4, 0.5) is 0 Å². The average Bonchev–Trinajstić information content (AvgIpc) is 2.37. The molecule has 0 amide bonds. The first kappa shape index (κ1) is 17.0. The molecule has 0 fully saturated rings. The van der Waals surface area contributed by atoms with Gasteiger partial charge in [-0.05, 0) is 48.2 Å². The van der Waals surface area contributed by atoms with Crippen LogP contribution < -0.4 is 0 Å². The van der Waals surface area contributed by atoms with Gasteiger partial charge in [0.15, 0.2) is 0 Å². The smallest absolute Gasteiger partial charge is 0.0133 e. The molecule has 0 saturated carbocycles. The van der Waals surface area contributed by atoms with Gasteiger partial charge in [0.1, 0.15) is 0 Å². The summed E-state index contributed by atoms with van der Waals surface area (Å²) < 4.78 is 0. The highest BCUT2D eigenvalue weighted by molar-refractivity contribution is 5.09. The fourth-order valence-electron chi connectivity index (χ4n) is 1.99. The number of rotatable bonds is 8. The molecule has 0 aromatic heterocycles. The van der Waals surface area contributed by atoms with Crippen LogP contribution in [0.1, 0.15) is 60.3 Å². The van der Waals surface area contributed by atoms with E-state index in [-0.39, 0.29) is 0 Å². The maximum absolute atomic E-state index is 3.84. The van der Waals surface area contributed by atoms with E-state index in [2.05, 4.69) is 59.2 Å². The van der Waals surface area contributed by atoms with Crippen molar-refractivity contribution < 1.29 is 0 Å². The van der Waals surface area contributed by atoms with Gasteiger partial charge in [0.25, 0.3) is 0 Å². The Morgan fingerprint density at radius 2 is 1.61 bits per heavy atom. The molecule has 18 heavy (non-hydrogen) atoms. The van der Waals surface area contributed by atoms with Gasteiger partial charge in [-0.15, -0.1) is 11.5 Å². The van der Waals surface area contributed by atoms with Crippen LogP contribution in [0.15, 0.2) is 35.8 Å². The van der Waals surface area contributed by atoms with E-state index in [9.17, 15) is 0 Å². The first-order valence-corrected chi connectivity index (χ1v) is 7.22. The molecule has 0 aromatic carbocycles. The molecule has 102 valence electrons. The predicted molar refractivity (Wildman–Crippen MR) is 82.6 cm³/mol. The van der Waals surface area contributed by atoms with Crippen LogP contribution in [-0.4, -0.2) is 0 Å². The molecule has 0 heterocycles. The lowest BCUT2D eigenvalue weighted by Gasteiger charge is -2.18. The van der Waals surface area contributed by atoms with E-state index < -0.39 is 0 Å². The lowest BCUT2D eigenvalue weighted by Crippen LogP contribution is -2.07. The molecule has 0 aromatic rings. The Morgan fingerprint density at radius 3 is 2.00 bits per heavy atom. The Labute approximate surface area is 114 Å². The van der Waals surface area contributed by atoms with E-state index >= 15 is 0 Å². The van der Waals surface area contributed by atoms with E-state index in [1.54, 1.807) is 0 Å². The van der Waals surface area contributed by atoms with Crippen LogP contribution in [0.3, 0.4) is 0 Å². The predicted octanol–water partition coefficient (Wildman–Crippen LogP) is 5.92. The van der Waals surface area contributed by atoms with Crippen molar-refractivity contribution in [1.29, 1.82) is 0 Å². The zero-order chi connectivity index (χ0) is 14.1. The van der Waals surface area contributed by atoms with Gasteiger partial charge in [0.2, 0.25) is 0 Å². The highest BCUT2D eigenvalue weighted by Crippen LogP contribution is 2.26. The van der Waals surface area contributed by atoms with E-state index in [1.807, 2.05) is 0 Å². The highest BCUT2D eigenvalue weighted by atomic mass is 14.2. The molecule has 0 aliphatic carbocycles. The standard InChI is InChI=1S/C18H30/c1-8-15(6)13-17(9-2)11-12-18(10-3)16(7)14(4)5/h14-16H,2-3,8,11-13H2,1,4-7H3/t15?,16-/m0/s1. The van der Waals surface area contributed by atoms with Gasteiger partial charge in [-0.3, -0.25) is 0 Å². The van der Waals surface area contributed by atoms with Crippen molar-refractivity contribution >= 4 is 0 Å². The van der Waals surface area contributed by atoms with E-state index in [0.29, 0.717) is 11.8 Å². The monoisotopic (exact) mass is 246 g/mol. The van der Waals surface area contributed by atoms with Gasteiger partial charge < -0.3 is 0 Å². The Kier molecular flexibility index (Phi) is 8.55. The summed E-state index contributed by atoms with van der Waals surface area (Å²) in [6.07, 6.45) is 4.46. The van der Waals surface area contributed by atoms with Crippen molar-refractivity contribution in [3.8, 4) is 0 Å². The van der Waals surface area contributed by atoms with Gasteiger partial charge in [0.05, 0.1) is 0 Å². The van der Waals surface area contributed by atoms with Crippen molar-refractivity contribution in [1.82, 2.24) is 0 Å². The minimum atomic E-state index is 0.567. The minimum absolute atomic E-state index is 0.567. The molecule has 0 aliphatic heterocycles. The third kappa shape index (κ3) is 6.10. The highest BCUT2D eigenvalue weighted by Gasteiger charge is 2.13. The topological polar surface area (TPSA) is 0 Å². The first-order valence-electron chi connectivity index (χ1n) is 7.22. The van der Waals surface area contributed by atoms with Gasteiger partial charge >= 0.3 is 0 Å². The summed E-state index contributed by atoms with van der Waals surface area (Å²) in [5, 5.41) is 0. The summed E-state index contributed by atoms with van der Waals surface area (Å²) in [5.41, 5.74) is 8.96. The van der Waals surface area contributed by atoms with Gasteiger partial charge in [-0.25, -0.2) is 0 Å². The molecule has 0 bridgehead atoms. The second kappa shape index (κ2) is 9.03. The Hall–Kier alpha value is -0.960. The molecule has 0 rings (SSSR count). The molecule has 0 heteroatoms. The summed E-state index contributed by atoms with van der Waals surface area (Å²) in [7, 11) is 0. The van der Waals surface area contributed by atoms with E-state index in [0.717, 1.165) is 25.2 Å². The third-order valence-corrected chi connectivity index (χ3v) is 4.01. The molecule has 0 saturated heterocycles. The minimum Gasteiger partial charge on any atom is -0.130 e. The lowest BCUT2D eigenvalue weighted by atomic mass is 9.86. The van der Waals surface area contributed by atoms with Gasteiger partial charge in [-0.2, -0.15) is 0 Å². The van der Waals surface area contributed by atoms with Crippen LogP contribution >= 0.6 is 0 Å². The molecule has 0 spiro atoms. The second-order valence-electron chi connectivity index (χ2n) is 5.73. The summed E-state index contributed by atoms with van der Waals surface area (Å²) >= 11 is 0. The van der Waals surface area contributed by atoms with E-state index in [4.69, 9.17) is 0 Å². The average molecular weight is 246 g/mol. The molecular formula is C18H30. The summed E-state index contributed by atoms with van der Waals surface area (Å²) in [5.74, 6) is 1.95. The Bertz CT molecular complexity index is 333. The van der Waals surface area contributed by atoms with Crippen molar-refractivity contribution in [2.75, 3.05) is 0 Å². The molecule has 2 atom stereocenters. The maximum atomic E-state index is 3.84. The molecule has 1 unspecified atom stereocenters. The van der Waals surface area contributed by atoms with Crippen molar-refractivity contribution in [3.63, 3.8) is 0 Å². The fourth-order valence-corrected chi connectivity index (χ4v) is 1.99. The van der Waals surface area contributed by atoms with E-state index in [1.165, 1.54) is 17.6 Å². The zero-order valence-corrected chi connectivity index (χ0v) is 13.0. The summed E-state index contributed by atoms with van der Waals surface area (Å²) in [6, 6.07) is 0. The van der Waals surface area contributed by atoms with Crippen molar-refractivity contribution in [2.45, 2.75) is 60.3 Å². The van der Waals surface area contributed by atoms with Crippen molar-refractivity contribution in [2.24, 2.45) is 17.8 Å². The van der Waals surface area contributed by atoms with Crippen molar-refractivity contribution in [3.05, 3.63) is 35.8 Å². The molecule has 0 aliphatic rings. The molecule has 0 N–H and O–H groups in total. The number of hydrogen-bond acceptors (Lipinski definition) is 0. The van der Waals surface area contributed by atoms with Crippen LogP contribution in [0.25, 0.3) is 0 Å². The summed E-state index contributed by atoms with van der Waals surface area (Å²) in [4.78, 5) is 0. The zero-order valence-electron chi connectivity index (χ0n) is 13.0. The van der Waals surface area contributed by atoms with Crippen LogP contribution in [0, 0.1) is 17.8 Å². The molecule has 0 nitrogen and oxygen atoms in total. The largest absolute Gasteiger partial charge is 0.130 e. The normalized spacial score (nSPS) is 13.7. The van der Waals surface area contributed by atoms with Gasteiger partial charge in [0, 0.05) is 0 Å². The Morgan fingerprint density at radius 1 is 1.00 bits per heavy atom. The number of hydrogen-bond donors (Lipinski definition) is 0. The third-order valence-electron chi connectivity index (χ3n) is 4.01. The molecule has 0 radical (unpaired) electrons. The Balaban J connectivity index is 4.45. The quantitative estimate of drug-likeness (QED) is 0.466. The fraction of sp³-hybridized carbons (Fsp3) is 0.667. The lowest BCUT2D eigenvalue weighted by molar-refractivity contribution is 0.464. The van der Waals surface area contributed by atoms with Gasteiger partial charge in [-0.1, -0.05) is 54.2 Å². The SMILES string of the molecule is C=C=C(CCC(=C=C)[C@@H](C)C(C)C)CC(C)CC. The first-order chi connectivity index (χ1) is 8.46. The maximum Gasteiger partial charge on any atom is -0.0133 e. The molecular weight excluding hydrogens is 216 g/mol. The summed E-state index contributed by atoms with van der Waals surface area (Å²) in [6.45, 7) is 19.0. The second-order valence-corrected chi connectivity index (χ2v) is 5.73. The number of allylic oxidation sites excluding steroid dienone is 2. The van der Waals surface area contributed by atoms with Crippen LogP contribution in [-0.2, 0) is 0 Å². The van der Waals surface area contributed by atoms with Crippen LogP contribution in [0.5, 0.6) is 0 Å².